The average Bonchev–Trinajstić information content (AvgIpc) is 2.50. The highest BCUT2D eigenvalue weighted by Gasteiger charge is 2.43. The summed E-state index contributed by atoms with van der Waals surface area (Å²) in [4.78, 5) is 24.0. The molecule has 0 aromatic heterocycles. The number of rotatable bonds is 1. The highest BCUT2D eigenvalue weighted by molar-refractivity contribution is 5.92. The van der Waals surface area contributed by atoms with Gasteiger partial charge < -0.3 is 9.84 Å². The standard InChI is InChI=1S/C8H11NO4/c10-3-5-1-2-9-6(7(5)11)4-13-8(9)12/h5-6,10H,1-4H2/t5-,6+/m1/s1. The monoisotopic (exact) mass is 185 g/mol. The molecule has 5 nitrogen and oxygen atoms in total. The number of nitrogens with zero attached hydrogens (tertiary/aromatic N) is 1. The molecule has 0 spiro atoms. The normalized spacial score (nSPS) is 33.2. The minimum atomic E-state index is -0.446. The van der Waals surface area contributed by atoms with Crippen LogP contribution in [0.25, 0.3) is 0 Å². The van der Waals surface area contributed by atoms with Crippen LogP contribution in [0, 0.1) is 5.92 Å². The molecule has 0 unspecified atom stereocenters. The smallest absolute Gasteiger partial charge is 0.410 e. The van der Waals surface area contributed by atoms with Gasteiger partial charge in [-0.25, -0.2) is 4.79 Å². The molecule has 0 aromatic carbocycles. The third-order valence-corrected chi connectivity index (χ3v) is 2.65. The van der Waals surface area contributed by atoms with Crippen molar-refractivity contribution in [1.82, 2.24) is 4.90 Å². The van der Waals surface area contributed by atoms with Crippen LogP contribution >= 0.6 is 0 Å². The summed E-state index contributed by atoms with van der Waals surface area (Å²) in [5.41, 5.74) is 0. The first kappa shape index (κ1) is 8.50. The molecule has 2 aliphatic rings. The van der Waals surface area contributed by atoms with Crippen LogP contribution in [0.5, 0.6) is 0 Å². The maximum Gasteiger partial charge on any atom is 0.410 e. The van der Waals surface area contributed by atoms with Gasteiger partial charge in [0.2, 0.25) is 0 Å². The van der Waals surface area contributed by atoms with Gasteiger partial charge in [-0.2, -0.15) is 0 Å². The van der Waals surface area contributed by atoms with Crippen molar-refractivity contribution in [1.29, 1.82) is 0 Å². The Morgan fingerprint density at radius 3 is 3.00 bits per heavy atom. The van der Waals surface area contributed by atoms with E-state index < -0.39 is 12.1 Å². The lowest BCUT2D eigenvalue weighted by Crippen LogP contribution is -2.49. The Kier molecular flexibility index (Phi) is 1.95. The molecule has 2 fully saturated rings. The fourth-order valence-electron chi connectivity index (χ4n) is 1.82. The molecule has 0 bridgehead atoms. The van der Waals surface area contributed by atoms with Crippen molar-refractivity contribution in [2.75, 3.05) is 19.8 Å². The zero-order valence-electron chi connectivity index (χ0n) is 7.10. The highest BCUT2D eigenvalue weighted by Crippen LogP contribution is 2.24. The number of hydrogen-bond donors (Lipinski definition) is 1. The van der Waals surface area contributed by atoms with Crippen molar-refractivity contribution in [3.63, 3.8) is 0 Å². The van der Waals surface area contributed by atoms with Crippen molar-refractivity contribution in [3.8, 4) is 0 Å². The molecular weight excluding hydrogens is 174 g/mol. The van der Waals surface area contributed by atoms with E-state index in [-0.39, 0.29) is 24.9 Å². The molecule has 2 rings (SSSR count). The molecule has 2 aliphatic heterocycles. The van der Waals surface area contributed by atoms with E-state index >= 15 is 0 Å². The number of ether oxygens (including phenoxy) is 1. The Morgan fingerprint density at radius 1 is 1.54 bits per heavy atom. The third kappa shape index (κ3) is 1.19. The topological polar surface area (TPSA) is 66.8 Å². The number of carbonyl (C=O) groups is 2. The predicted octanol–water partition coefficient (Wildman–Crippen LogP) is -0.612. The second kappa shape index (κ2) is 2.99. The van der Waals surface area contributed by atoms with E-state index in [1.54, 1.807) is 0 Å². The first-order chi connectivity index (χ1) is 6.24. The summed E-state index contributed by atoms with van der Waals surface area (Å²) in [6.07, 6.45) is 0.135. The van der Waals surface area contributed by atoms with Crippen LogP contribution in [0.2, 0.25) is 0 Å². The van der Waals surface area contributed by atoms with Crippen LogP contribution in [0.4, 0.5) is 4.79 Å². The Balaban J connectivity index is 2.14. The number of carbonyl (C=O) groups excluding carboxylic acids is 2. The fourth-order valence-corrected chi connectivity index (χ4v) is 1.82. The summed E-state index contributed by atoms with van der Waals surface area (Å²) in [5, 5.41) is 8.88. The number of cyclic esters (lactones) is 1. The Labute approximate surface area is 75.3 Å². The second-order valence-corrected chi connectivity index (χ2v) is 3.36. The van der Waals surface area contributed by atoms with Gasteiger partial charge in [-0.1, -0.05) is 0 Å². The summed E-state index contributed by atoms with van der Waals surface area (Å²) in [6, 6.07) is -0.446. The fraction of sp³-hybridized carbons (Fsp3) is 0.750. The van der Waals surface area contributed by atoms with Crippen molar-refractivity contribution >= 4 is 11.9 Å². The van der Waals surface area contributed by atoms with Gasteiger partial charge in [0.15, 0.2) is 5.78 Å². The van der Waals surface area contributed by atoms with Crippen LogP contribution in [0.3, 0.4) is 0 Å². The molecule has 0 saturated carbocycles. The number of ketones is 1. The molecule has 0 radical (unpaired) electrons. The number of Topliss-reactive ketones (excluding diaryl/α,β-unsaturated/α-hetero) is 1. The van der Waals surface area contributed by atoms with Gasteiger partial charge in [0.1, 0.15) is 12.6 Å². The van der Waals surface area contributed by atoms with Crippen LogP contribution in [0.15, 0.2) is 0 Å². The van der Waals surface area contributed by atoms with Crippen LogP contribution in [0.1, 0.15) is 6.42 Å². The average molecular weight is 185 g/mol. The Hall–Kier alpha value is -1.10. The molecule has 2 atom stereocenters. The van der Waals surface area contributed by atoms with E-state index in [1.165, 1.54) is 4.90 Å². The maximum atomic E-state index is 11.5. The summed E-state index contributed by atoms with van der Waals surface area (Å²) < 4.78 is 4.75. The number of aliphatic hydroxyl groups excluding tert-OH is 1. The van der Waals surface area contributed by atoms with Crippen molar-refractivity contribution in [2.24, 2.45) is 5.92 Å². The molecule has 0 aliphatic carbocycles. The van der Waals surface area contributed by atoms with Crippen molar-refractivity contribution in [2.45, 2.75) is 12.5 Å². The van der Waals surface area contributed by atoms with Gasteiger partial charge in [0.25, 0.3) is 0 Å². The molecule has 0 aromatic rings. The van der Waals surface area contributed by atoms with Gasteiger partial charge >= 0.3 is 6.09 Å². The quantitative estimate of drug-likeness (QED) is 0.591. The molecular formula is C8H11NO4. The SMILES string of the molecule is O=C1[C@@H](CO)CCN2C(=O)OC[C@@H]12. The zero-order chi connectivity index (χ0) is 9.42. The third-order valence-electron chi connectivity index (χ3n) is 2.65. The summed E-state index contributed by atoms with van der Waals surface area (Å²) in [6.45, 7) is 0.534. The summed E-state index contributed by atoms with van der Waals surface area (Å²) in [5.74, 6) is -0.379. The van der Waals surface area contributed by atoms with Gasteiger partial charge in [0, 0.05) is 12.5 Å². The van der Waals surface area contributed by atoms with E-state index in [9.17, 15) is 9.59 Å². The Morgan fingerprint density at radius 2 is 2.31 bits per heavy atom. The number of piperidine rings is 1. The first-order valence-corrected chi connectivity index (χ1v) is 4.32. The van der Waals surface area contributed by atoms with E-state index in [2.05, 4.69) is 0 Å². The minimum absolute atomic E-state index is 0.0698. The molecule has 2 heterocycles. The van der Waals surface area contributed by atoms with Crippen molar-refractivity contribution < 1.29 is 19.4 Å². The van der Waals surface area contributed by atoms with Gasteiger partial charge in [-0.15, -0.1) is 0 Å². The lowest BCUT2D eigenvalue weighted by atomic mass is 9.91. The van der Waals surface area contributed by atoms with Gasteiger partial charge in [0.05, 0.1) is 6.61 Å². The maximum absolute atomic E-state index is 11.5. The molecule has 72 valence electrons. The van der Waals surface area contributed by atoms with Crippen molar-refractivity contribution in [3.05, 3.63) is 0 Å². The lowest BCUT2D eigenvalue weighted by molar-refractivity contribution is -0.130. The van der Waals surface area contributed by atoms with E-state index in [0.717, 1.165) is 0 Å². The predicted molar refractivity (Wildman–Crippen MR) is 42.0 cm³/mol. The van der Waals surface area contributed by atoms with Crippen LogP contribution in [-0.4, -0.2) is 47.7 Å². The molecule has 1 N–H and O–H groups in total. The minimum Gasteiger partial charge on any atom is -0.447 e. The van der Waals surface area contributed by atoms with Gasteiger partial charge in [-0.05, 0) is 6.42 Å². The first-order valence-electron chi connectivity index (χ1n) is 4.32. The summed E-state index contributed by atoms with van der Waals surface area (Å²) in [7, 11) is 0. The lowest BCUT2D eigenvalue weighted by Gasteiger charge is -2.29. The number of amides is 1. The largest absolute Gasteiger partial charge is 0.447 e. The van der Waals surface area contributed by atoms with E-state index in [0.29, 0.717) is 13.0 Å². The molecule has 13 heavy (non-hydrogen) atoms. The highest BCUT2D eigenvalue weighted by atomic mass is 16.6. The molecule has 1 amide bonds. The van der Waals surface area contributed by atoms with Gasteiger partial charge in [-0.3, -0.25) is 9.69 Å². The summed E-state index contributed by atoms with van der Waals surface area (Å²) >= 11 is 0. The molecule has 2 saturated heterocycles. The Bertz CT molecular complexity index is 253. The van der Waals surface area contributed by atoms with Crippen LogP contribution in [-0.2, 0) is 9.53 Å². The number of aliphatic hydroxyl groups is 1. The van der Waals surface area contributed by atoms with E-state index in [4.69, 9.17) is 9.84 Å². The number of fused-ring (bicyclic) bond motifs is 1. The van der Waals surface area contributed by atoms with E-state index in [1.807, 2.05) is 0 Å². The second-order valence-electron chi connectivity index (χ2n) is 3.36. The number of hydrogen-bond acceptors (Lipinski definition) is 4. The van der Waals surface area contributed by atoms with Crippen LogP contribution < -0.4 is 0 Å². The molecule has 5 heteroatoms. The zero-order valence-corrected chi connectivity index (χ0v) is 7.10.